The van der Waals surface area contributed by atoms with Crippen LogP contribution < -0.4 is 5.32 Å². The Morgan fingerprint density at radius 2 is 1.62 bits per heavy atom. The molecule has 122 valence electrons. The van der Waals surface area contributed by atoms with E-state index in [4.69, 9.17) is 0 Å². The third-order valence-electron chi connectivity index (χ3n) is 4.25. The van der Waals surface area contributed by atoms with E-state index in [-0.39, 0.29) is 0 Å². The van der Waals surface area contributed by atoms with E-state index in [2.05, 4.69) is 48.2 Å². The Hall–Kier alpha value is 0.140. The normalized spacial score (nSPS) is 12.8. The molecule has 0 aliphatic heterocycles. The maximum Gasteiger partial charge on any atom is 0.0704 e. The minimum atomic E-state index is 0.525. The zero-order valence-corrected chi connectivity index (χ0v) is 16.4. The van der Waals surface area contributed by atoms with Crippen molar-refractivity contribution in [3.8, 4) is 0 Å². The van der Waals surface area contributed by atoms with Crippen molar-refractivity contribution in [1.82, 2.24) is 5.32 Å². The molecule has 1 N–H and O–H groups in total. The Morgan fingerprint density at radius 3 is 2.10 bits per heavy atom. The van der Waals surface area contributed by atoms with E-state index in [1.165, 1.54) is 78.4 Å². The molecule has 0 saturated carbocycles. The first-order valence-electron chi connectivity index (χ1n) is 8.62. The molecule has 0 aromatic carbocycles. The third kappa shape index (κ3) is 7.80. The minimum Gasteiger partial charge on any atom is -0.313 e. The number of hydrogen-bond acceptors (Lipinski definition) is 2. The van der Waals surface area contributed by atoms with Crippen LogP contribution in [-0.4, -0.2) is 7.05 Å². The molecular weight excluding hydrogens is 342 g/mol. The summed E-state index contributed by atoms with van der Waals surface area (Å²) in [6.07, 6.45) is 13.9. The summed E-state index contributed by atoms with van der Waals surface area (Å²) in [7, 11) is 2.09. The van der Waals surface area contributed by atoms with E-state index >= 15 is 0 Å². The molecule has 1 aromatic rings. The van der Waals surface area contributed by atoms with Crippen molar-refractivity contribution in [2.45, 2.75) is 84.1 Å². The van der Waals surface area contributed by atoms with Crippen molar-refractivity contribution in [3.63, 3.8) is 0 Å². The Labute approximate surface area is 144 Å². The molecule has 1 atom stereocenters. The van der Waals surface area contributed by atoms with E-state index in [0.717, 1.165) is 0 Å². The van der Waals surface area contributed by atoms with Crippen molar-refractivity contribution in [2.24, 2.45) is 0 Å². The molecule has 0 aliphatic carbocycles. The molecule has 1 nitrogen and oxygen atoms in total. The SMILES string of the molecule is CCCCCCCCCCCC(NC)c1cc(Br)sc1C. The Balaban J connectivity index is 2.12. The molecule has 0 fully saturated rings. The van der Waals surface area contributed by atoms with Crippen molar-refractivity contribution in [1.29, 1.82) is 0 Å². The van der Waals surface area contributed by atoms with Gasteiger partial charge in [0, 0.05) is 10.9 Å². The van der Waals surface area contributed by atoms with E-state index in [9.17, 15) is 0 Å². The second-order valence-corrected chi connectivity index (χ2v) is 8.66. The standard InChI is InChI=1S/C18H32BrNS/c1-4-5-6-7-8-9-10-11-12-13-17(20-3)16-14-18(19)21-15(16)2/h14,17,20H,4-13H2,1-3H3. The van der Waals surface area contributed by atoms with Gasteiger partial charge in [-0.05, 0) is 48.0 Å². The van der Waals surface area contributed by atoms with Gasteiger partial charge in [-0.2, -0.15) is 0 Å². The van der Waals surface area contributed by atoms with Gasteiger partial charge < -0.3 is 5.32 Å². The lowest BCUT2D eigenvalue weighted by molar-refractivity contribution is 0.493. The van der Waals surface area contributed by atoms with Gasteiger partial charge in [0.15, 0.2) is 0 Å². The highest BCUT2D eigenvalue weighted by Gasteiger charge is 2.14. The Morgan fingerprint density at radius 1 is 1.05 bits per heavy atom. The molecule has 3 heteroatoms. The van der Waals surface area contributed by atoms with E-state index in [1.807, 2.05) is 11.3 Å². The van der Waals surface area contributed by atoms with Gasteiger partial charge in [0.05, 0.1) is 3.79 Å². The quantitative estimate of drug-likeness (QED) is 0.388. The lowest BCUT2D eigenvalue weighted by atomic mass is 10.00. The van der Waals surface area contributed by atoms with Crippen LogP contribution in [-0.2, 0) is 0 Å². The first-order chi connectivity index (χ1) is 10.2. The summed E-state index contributed by atoms with van der Waals surface area (Å²) < 4.78 is 1.25. The zero-order chi connectivity index (χ0) is 15.5. The summed E-state index contributed by atoms with van der Waals surface area (Å²) >= 11 is 5.45. The molecule has 0 bridgehead atoms. The largest absolute Gasteiger partial charge is 0.313 e. The van der Waals surface area contributed by atoms with Crippen LogP contribution in [0.15, 0.2) is 9.85 Å². The number of hydrogen-bond donors (Lipinski definition) is 1. The van der Waals surface area contributed by atoms with Crippen molar-refractivity contribution in [2.75, 3.05) is 7.05 Å². The van der Waals surface area contributed by atoms with Crippen LogP contribution in [0.5, 0.6) is 0 Å². The first kappa shape index (κ1) is 19.2. The van der Waals surface area contributed by atoms with Gasteiger partial charge in [-0.15, -0.1) is 11.3 Å². The molecule has 0 saturated heterocycles. The molecule has 21 heavy (non-hydrogen) atoms. The van der Waals surface area contributed by atoms with Crippen LogP contribution in [0, 0.1) is 6.92 Å². The number of halogens is 1. The van der Waals surface area contributed by atoms with E-state index in [0.29, 0.717) is 6.04 Å². The van der Waals surface area contributed by atoms with Gasteiger partial charge in [0.1, 0.15) is 0 Å². The van der Waals surface area contributed by atoms with Crippen molar-refractivity contribution < 1.29 is 0 Å². The fourth-order valence-corrected chi connectivity index (χ4v) is 4.69. The Bertz CT molecular complexity index is 375. The van der Waals surface area contributed by atoms with Gasteiger partial charge >= 0.3 is 0 Å². The van der Waals surface area contributed by atoms with Crippen LogP contribution in [0.4, 0.5) is 0 Å². The highest BCUT2D eigenvalue weighted by atomic mass is 79.9. The zero-order valence-electron chi connectivity index (χ0n) is 14.0. The van der Waals surface area contributed by atoms with Crippen molar-refractivity contribution >= 4 is 27.3 Å². The smallest absolute Gasteiger partial charge is 0.0704 e. The molecule has 1 heterocycles. The topological polar surface area (TPSA) is 12.0 Å². The maximum absolute atomic E-state index is 3.60. The fourth-order valence-electron chi connectivity index (χ4n) is 2.92. The summed E-state index contributed by atoms with van der Waals surface area (Å²) in [5.41, 5.74) is 1.48. The van der Waals surface area contributed by atoms with Crippen LogP contribution in [0.3, 0.4) is 0 Å². The van der Waals surface area contributed by atoms with Gasteiger partial charge in [-0.25, -0.2) is 0 Å². The first-order valence-corrected chi connectivity index (χ1v) is 10.2. The highest BCUT2D eigenvalue weighted by molar-refractivity contribution is 9.11. The minimum absolute atomic E-state index is 0.525. The molecule has 1 rings (SSSR count). The van der Waals surface area contributed by atoms with Gasteiger partial charge in [0.25, 0.3) is 0 Å². The van der Waals surface area contributed by atoms with Gasteiger partial charge in [0.2, 0.25) is 0 Å². The second kappa shape index (κ2) is 11.7. The number of thiophene rings is 1. The lowest BCUT2D eigenvalue weighted by Gasteiger charge is -2.16. The molecule has 1 aromatic heterocycles. The van der Waals surface area contributed by atoms with Crippen molar-refractivity contribution in [3.05, 3.63) is 20.3 Å². The summed E-state index contributed by atoms with van der Waals surface area (Å²) in [5, 5.41) is 3.48. The molecule has 0 radical (unpaired) electrons. The number of aryl methyl sites for hydroxylation is 1. The average Bonchev–Trinajstić information content (AvgIpc) is 2.80. The maximum atomic E-state index is 3.60. The van der Waals surface area contributed by atoms with Crippen LogP contribution in [0.2, 0.25) is 0 Å². The summed E-state index contributed by atoms with van der Waals surface area (Å²) in [6.45, 7) is 4.51. The molecule has 0 aliphatic rings. The van der Waals surface area contributed by atoms with E-state index in [1.54, 1.807) is 0 Å². The fraction of sp³-hybridized carbons (Fsp3) is 0.778. The average molecular weight is 374 g/mol. The molecule has 1 unspecified atom stereocenters. The second-order valence-electron chi connectivity index (χ2n) is 6.02. The Kier molecular flexibility index (Phi) is 10.7. The number of rotatable bonds is 12. The molecule has 0 spiro atoms. The lowest BCUT2D eigenvalue weighted by Crippen LogP contribution is -2.16. The molecular formula is C18H32BrNS. The van der Waals surface area contributed by atoms with Crippen LogP contribution in [0.1, 0.15) is 87.6 Å². The predicted molar refractivity (Wildman–Crippen MR) is 100 cm³/mol. The van der Waals surface area contributed by atoms with Crippen LogP contribution in [0.25, 0.3) is 0 Å². The summed E-state index contributed by atoms with van der Waals surface area (Å²) in [5.74, 6) is 0. The number of unbranched alkanes of at least 4 members (excludes halogenated alkanes) is 8. The summed E-state index contributed by atoms with van der Waals surface area (Å²) in [4.78, 5) is 1.44. The van der Waals surface area contributed by atoms with Gasteiger partial charge in [-0.3, -0.25) is 0 Å². The monoisotopic (exact) mass is 373 g/mol. The third-order valence-corrected chi connectivity index (χ3v) is 5.82. The summed E-state index contributed by atoms with van der Waals surface area (Å²) in [6, 6.07) is 2.81. The van der Waals surface area contributed by atoms with Gasteiger partial charge in [-0.1, -0.05) is 64.7 Å². The predicted octanol–water partition coefficient (Wildman–Crippen LogP) is 7.00. The van der Waals surface area contributed by atoms with Crippen LogP contribution >= 0.6 is 27.3 Å². The highest BCUT2D eigenvalue weighted by Crippen LogP contribution is 2.32. The van der Waals surface area contributed by atoms with E-state index < -0.39 is 0 Å². The molecule has 0 amide bonds. The number of nitrogens with one attached hydrogen (secondary N) is 1.